The van der Waals surface area contributed by atoms with E-state index in [1.807, 2.05) is 18.2 Å². The average Bonchev–Trinajstić information content (AvgIpc) is 2.99. The van der Waals surface area contributed by atoms with Gasteiger partial charge in [0.25, 0.3) is 0 Å². The number of benzene rings is 2. The van der Waals surface area contributed by atoms with E-state index in [9.17, 15) is 4.79 Å². The number of hydrogen-bond acceptors (Lipinski definition) is 4. The summed E-state index contributed by atoms with van der Waals surface area (Å²) in [5, 5.41) is 2.82. The Hall–Kier alpha value is -2.08. The Balaban J connectivity index is 0.00000243. The number of hydrogen-bond donors (Lipinski definition) is 2. The lowest BCUT2D eigenvalue weighted by Crippen LogP contribution is -2.43. The predicted molar refractivity (Wildman–Crippen MR) is 105 cm³/mol. The van der Waals surface area contributed by atoms with Crippen molar-refractivity contribution in [3.05, 3.63) is 53.6 Å². The Morgan fingerprint density at radius 1 is 1.27 bits per heavy atom. The largest absolute Gasteiger partial charge is 0.490 e. The van der Waals surface area contributed by atoms with Crippen molar-refractivity contribution in [3.63, 3.8) is 0 Å². The van der Waals surface area contributed by atoms with Gasteiger partial charge in [0.2, 0.25) is 5.91 Å². The third kappa shape index (κ3) is 4.75. The highest BCUT2D eigenvalue weighted by molar-refractivity contribution is 5.85. The fourth-order valence-corrected chi connectivity index (χ4v) is 2.99. The van der Waals surface area contributed by atoms with Crippen LogP contribution in [0.25, 0.3) is 11.1 Å². The van der Waals surface area contributed by atoms with E-state index in [1.54, 1.807) is 0 Å². The van der Waals surface area contributed by atoms with Gasteiger partial charge in [-0.05, 0) is 41.3 Å². The van der Waals surface area contributed by atoms with Crippen molar-refractivity contribution in [2.75, 3.05) is 13.7 Å². The normalized spacial score (nSPS) is 16.2. The Morgan fingerprint density at radius 3 is 2.65 bits per heavy atom. The summed E-state index contributed by atoms with van der Waals surface area (Å²) in [5.74, 6) is 0.779. The summed E-state index contributed by atoms with van der Waals surface area (Å²) >= 11 is 0. The summed E-state index contributed by atoms with van der Waals surface area (Å²) in [6.07, 6.45) is 1.20. The van der Waals surface area contributed by atoms with Crippen molar-refractivity contribution in [3.8, 4) is 16.9 Å². The Morgan fingerprint density at radius 2 is 1.96 bits per heavy atom. The minimum Gasteiger partial charge on any atom is -0.490 e. The summed E-state index contributed by atoms with van der Waals surface area (Å²) in [6.45, 7) is 2.75. The van der Waals surface area contributed by atoms with E-state index in [4.69, 9.17) is 15.2 Å². The molecule has 1 aliphatic rings. The van der Waals surface area contributed by atoms with Crippen molar-refractivity contribution < 1.29 is 14.3 Å². The molecule has 2 aromatic rings. The van der Waals surface area contributed by atoms with Crippen LogP contribution in [0.3, 0.4) is 0 Å². The van der Waals surface area contributed by atoms with Crippen LogP contribution in [0.4, 0.5) is 0 Å². The van der Waals surface area contributed by atoms with Crippen molar-refractivity contribution in [1.29, 1.82) is 0 Å². The van der Waals surface area contributed by atoms with Crippen LogP contribution in [0.5, 0.6) is 5.75 Å². The second-order valence-corrected chi connectivity index (χ2v) is 6.43. The van der Waals surface area contributed by atoms with Crippen molar-refractivity contribution in [2.24, 2.45) is 5.73 Å². The van der Waals surface area contributed by atoms with Gasteiger partial charge < -0.3 is 20.5 Å². The third-order valence-electron chi connectivity index (χ3n) is 4.33. The van der Waals surface area contributed by atoms with E-state index < -0.39 is 6.04 Å². The maximum Gasteiger partial charge on any atom is 0.239 e. The number of carbonyl (C=O) groups is 1. The number of ether oxygens (including phenoxy) is 2. The molecule has 1 amide bonds. The summed E-state index contributed by atoms with van der Waals surface area (Å²) < 4.78 is 10.6. The lowest BCUT2D eigenvalue weighted by Gasteiger charge is -2.11. The average molecular weight is 377 g/mol. The molecule has 0 fully saturated rings. The van der Waals surface area contributed by atoms with Crippen molar-refractivity contribution in [2.45, 2.75) is 32.0 Å². The Labute approximate surface area is 160 Å². The number of halogens is 1. The highest BCUT2D eigenvalue weighted by Gasteiger charge is 2.19. The molecule has 0 saturated carbocycles. The van der Waals surface area contributed by atoms with Gasteiger partial charge in [-0.1, -0.05) is 30.3 Å². The second kappa shape index (κ2) is 9.03. The molecule has 0 bridgehead atoms. The highest BCUT2D eigenvalue weighted by Crippen LogP contribution is 2.32. The molecule has 26 heavy (non-hydrogen) atoms. The molecule has 0 radical (unpaired) electrons. The van der Waals surface area contributed by atoms with E-state index in [1.165, 1.54) is 18.2 Å². The van der Waals surface area contributed by atoms with Crippen molar-refractivity contribution >= 4 is 18.3 Å². The van der Waals surface area contributed by atoms with Crippen LogP contribution in [-0.2, 0) is 22.5 Å². The monoisotopic (exact) mass is 376 g/mol. The Bertz CT molecular complexity index is 749. The summed E-state index contributed by atoms with van der Waals surface area (Å²) in [7, 11) is 1.53. The number of fused-ring (bicyclic) bond motifs is 1. The fraction of sp³-hybridized carbons (Fsp3) is 0.350. The van der Waals surface area contributed by atoms with Gasteiger partial charge in [-0.2, -0.15) is 0 Å². The zero-order valence-electron chi connectivity index (χ0n) is 15.0. The SMILES string of the molecule is COCC(N)C(=O)NCc1ccc(-c2ccc3c(c2)CC(C)O3)cc1.Cl. The van der Waals surface area contributed by atoms with Gasteiger partial charge in [0, 0.05) is 20.1 Å². The quantitative estimate of drug-likeness (QED) is 0.812. The number of nitrogens with two attached hydrogens (primary N) is 1. The molecular formula is C20H25ClN2O3. The molecule has 0 spiro atoms. The molecule has 2 aromatic carbocycles. The summed E-state index contributed by atoms with van der Waals surface area (Å²) in [4.78, 5) is 11.8. The van der Waals surface area contributed by atoms with Crippen LogP contribution in [0.15, 0.2) is 42.5 Å². The zero-order valence-corrected chi connectivity index (χ0v) is 15.8. The summed E-state index contributed by atoms with van der Waals surface area (Å²) in [6, 6.07) is 13.8. The molecule has 6 heteroatoms. The number of carbonyl (C=O) groups excluding carboxylic acids is 1. The van der Waals surface area contributed by atoms with E-state index >= 15 is 0 Å². The molecule has 2 unspecified atom stereocenters. The molecule has 3 rings (SSSR count). The molecule has 1 heterocycles. The van der Waals surface area contributed by atoms with Gasteiger partial charge in [0.1, 0.15) is 17.9 Å². The van der Waals surface area contributed by atoms with Crippen LogP contribution < -0.4 is 15.8 Å². The van der Waals surface area contributed by atoms with E-state index in [0.717, 1.165) is 23.3 Å². The number of amides is 1. The molecule has 2 atom stereocenters. The molecule has 3 N–H and O–H groups in total. The van der Waals surface area contributed by atoms with E-state index in [-0.39, 0.29) is 31.0 Å². The van der Waals surface area contributed by atoms with Gasteiger partial charge in [0.15, 0.2) is 0 Å². The number of methoxy groups -OCH3 is 1. The maximum atomic E-state index is 11.8. The Kier molecular flexibility index (Phi) is 7.03. The first-order chi connectivity index (χ1) is 12.1. The van der Waals surface area contributed by atoms with Crippen LogP contribution in [-0.4, -0.2) is 31.8 Å². The highest BCUT2D eigenvalue weighted by atomic mass is 35.5. The fourth-order valence-electron chi connectivity index (χ4n) is 2.99. The minimum atomic E-state index is -0.639. The molecule has 0 saturated heterocycles. The zero-order chi connectivity index (χ0) is 17.8. The first kappa shape index (κ1) is 20.2. The molecule has 0 aromatic heterocycles. The second-order valence-electron chi connectivity index (χ2n) is 6.43. The standard InChI is InChI=1S/C20H24N2O3.ClH/c1-13-9-17-10-16(7-8-19(17)25-13)15-5-3-14(4-6-15)11-22-20(23)18(21)12-24-2;/h3-8,10,13,18H,9,11-12,21H2,1-2H3,(H,22,23);1H. The first-order valence-corrected chi connectivity index (χ1v) is 8.48. The van der Waals surface area contributed by atoms with Crippen LogP contribution in [0, 0.1) is 0 Å². The topological polar surface area (TPSA) is 73.6 Å². The van der Waals surface area contributed by atoms with Gasteiger partial charge in [-0.15, -0.1) is 12.4 Å². The van der Waals surface area contributed by atoms with Gasteiger partial charge in [0.05, 0.1) is 6.61 Å². The smallest absolute Gasteiger partial charge is 0.239 e. The van der Waals surface area contributed by atoms with Crippen LogP contribution >= 0.6 is 12.4 Å². The third-order valence-corrected chi connectivity index (χ3v) is 4.33. The number of rotatable bonds is 6. The van der Waals surface area contributed by atoms with E-state index in [0.29, 0.717) is 6.54 Å². The molecular weight excluding hydrogens is 352 g/mol. The lowest BCUT2D eigenvalue weighted by atomic mass is 10.00. The van der Waals surface area contributed by atoms with Crippen LogP contribution in [0.1, 0.15) is 18.1 Å². The first-order valence-electron chi connectivity index (χ1n) is 8.48. The van der Waals surface area contributed by atoms with E-state index in [2.05, 4.69) is 36.5 Å². The lowest BCUT2D eigenvalue weighted by molar-refractivity contribution is -0.123. The molecule has 5 nitrogen and oxygen atoms in total. The molecule has 140 valence electrons. The summed E-state index contributed by atoms with van der Waals surface area (Å²) in [5.41, 5.74) is 10.3. The number of nitrogens with one attached hydrogen (secondary N) is 1. The minimum absolute atomic E-state index is 0. The molecule has 0 aliphatic carbocycles. The van der Waals surface area contributed by atoms with Crippen LogP contribution in [0.2, 0.25) is 0 Å². The molecule has 1 aliphatic heterocycles. The van der Waals surface area contributed by atoms with Gasteiger partial charge >= 0.3 is 0 Å². The predicted octanol–water partition coefficient (Wildman–Crippen LogP) is 2.69. The van der Waals surface area contributed by atoms with Gasteiger partial charge in [-0.25, -0.2) is 0 Å². The van der Waals surface area contributed by atoms with Crippen molar-refractivity contribution in [1.82, 2.24) is 5.32 Å². The van der Waals surface area contributed by atoms with Gasteiger partial charge in [-0.3, -0.25) is 4.79 Å². The maximum absolute atomic E-state index is 11.8.